The third-order valence-corrected chi connectivity index (χ3v) is 4.15. The van der Waals surface area contributed by atoms with Crippen LogP contribution in [0.5, 0.6) is 0 Å². The molecule has 2 aliphatic rings. The summed E-state index contributed by atoms with van der Waals surface area (Å²) in [6.07, 6.45) is 3.12. The fourth-order valence-corrected chi connectivity index (χ4v) is 3.32. The molecule has 2 rings (SSSR count). The second-order valence-electron chi connectivity index (χ2n) is 5.75. The Hall–Kier alpha value is -0.850. The van der Waals surface area contributed by atoms with Crippen LogP contribution < -0.4 is 16.6 Å². The molecule has 1 aliphatic carbocycles. The van der Waals surface area contributed by atoms with Crippen LogP contribution in [0.15, 0.2) is 0 Å². The van der Waals surface area contributed by atoms with Gasteiger partial charge in [-0.25, -0.2) is 10.2 Å². The molecular formula is C12H24N4O2. The summed E-state index contributed by atoms with van der Waals surface area (Å²) in [5.74, 6) is 0.525. The van der Waals surface area contributed by atoms with Crippen molar-refractivity contribution in [3.8, 4) is 0 Å². The maximum absolute atomic E-state index is 11.3. The fourth-order valence-electron chi connectivity index (χ4n) is 3.32. The van der Waals surface area contributed by atoms with Crippen molar-refractivity contribution in [2.24, 2.45) is 11.7 Å². The van der Waals surface area contributed by atoms with Crippen molar-refractivity contribution in [2.75, 3.05) is 0 Å². The van der Waals surface area contributed by atoms with Crippen LogP contribution in [0.4, 0.5) is 4.79 Å². The molecule has 0 radical (unpaired) electrons. The van der Waals surface area contributed by atoms with Gasteiger partial charge in [0.05, 0.1) is 6.17 Å². The van der Waals surface area contributed by atoms with Gasteiger partial charge in [-0.1, -0.05) is 0 Å². The summed E-state index contributed by atoms with van der Waals surface area (Å²) < 4.78 is 0. The molecule has 5 N–H and O–H groups in total. The Morgan fingerprint density at radius 3 is 2.56 bits per heavy atom. The molecule has 6 heteroatoms. The van der Waals surface area contributed by atoms with Gasteiger partial charge in [0.2, 0.25) is 0 Å². The second-order valence-corrected chi connectivity index (χ2v) is 5.75. The van der Waals surface area contributed by atoms with Gasteiger partial charge in [0.25, 0.3) is 0 Å². The Balaban J connectivity index is 1.93. The summed E-state index contributed by atoms with van der Waals surface area (Å²) in [5, 5.41) is 9.28. The van der Waals surface area contributed by atoms with Crippen LogP contribution in [0.2, 0.25) is 0 Å². The molecule has 6 nitrogen and oxygen atoms in total. The minimum atomic E-state index is -0.801. The molecule has 1 unspecified atom stereocenters. The lowest BCUT2D eigenvalue weighted by Gasteiger charge is -2.30. The van der Waals surface area contributed by atoms with Gasteiger partial charge in [0.1, 0.15) is 0 Å². The van der Waals surface area contributed by atoms with Crippen LogP contribution in [0.1, 0.15) is 39.5 Å². The standard InChI is InChI=1S/C12H24N4O2/c1-7(2)16(12(17)18)9-4-3-8(5-9)10-6-11(13)15-14-10/h7-11,14-15H,3-6,13H2,1-2H3,(H,17,18)/t8-,9+,10+,11?/m1/s1. The quantitative estimate of drug-likeness (QED) is 0.596. The summed E-state index contributed by atoms with van der Waals surface area (Å²) in [6, 6.07) is 0.585. The van der Waals surface area contributed by atoms with E-state index in [9.17, 15) is 9.90 Å². The maximum Gasteiger partial charge on any atom is 0.407 e. The molecule has 1 amide bonds. The summed E-state index contributed by atoms with van der Waals surface area (Å²) in [6.45, 7) is 3.87. The normalized spacial score (nSPS) is 36.2. The van der Waals surface area contributed by atoms with E-state index in [0.29, 0.717) is 12.0 Å². The Kier molecular flexibility index (Phi) is 4.09. The zero-order valence-corrected chi connectivity index (χ0v) is 11.1. The molecule has 104 valence electrons. The number of rotatable bonds is 3. The van der Waals surface area contributed by atoms with Crippen molar-refractivity contribution in [1.82, 2.24) is 15.8 Å². The highest BCUT2D eigenvalue weighted by molar-refractivity contribution is 5.65. The highest BCUT2D eigenvalue weighted by Crippen LogP contribution is 2.34. The minimum absolute atomic E-state index is 0.0229. The summed E-state index contributed by atoms with van der Waals surface area (Å²) in [5.41, 5.74) is 12.1. The largest absolute Gasteiger partial charge is 0.465 e. The molecule has 2 fully saturated rings. The van der Waals surface area contributed by atoms with Gasteiger partial charge in [-0.05, 0) is 45.4 Å². The van der Waals surface area contributed by atoms with Crippen molar-refractivity contribution in [3.63, 3.8) is 0 Å². The average Bonchev–Trinajstić information content (AvgIpc) is 2.85. The highest BCUT2D eigenvalue weighted by atomic mass is 16.4. The molecule has 0 aromatic carbocycles. The molecule has 1 heterocycles. The molecular weight excluding hydrogens is 232 g/mol. The van der Waals surface area contributed by atoms with Gasteiger partial charge in [0.15, 0.2) is 0 Å². The first-order valence-corrected chi connectivity index (χ1v) is 6.77. The zero-order chi connectivity index (χ0) is 13.3. The Morgan fingerprint density at radius 2 is 2.06 bits per heavy atom. The first kappa shape index (κ1) is 13.6. The number of hydrazine groups is 1. The minimum Gasteiger partial charge on any atom is -0.465 e. The number of hydrogen-bond donors (Lipinski definition) is 4. The van der Waals surface area contributed by atoms with E-state index in [4.69, 9.17) is 5.73 Å². The van der Waals surface area contributed by atoms with Crippen molar-refractivity contribution >= 4 is 6.09 Å². The Labute approximate surface area is 108 Å². The van der Waals surface area contributed by atoms with Crippen LogP contribution in [-0.2, 0) is 0 Å². The van der Waals surface area contributed by atoms with Crippen molar-refractivity contribution in [2.45, 2.75) is 63.8 Å². The van der Waals surface area contributed by atoms with Crippen molar-refractivity contribution in [3.05, 3.63) is 0 Å². The van der Waals surface area contributed by atoms with Gasteiger partial charge in [-0.2, -0.15) is 0 Å². The molecule has 0 spiro atoms. The Morgan fingerprint density at radius 1 is 1.33 bits per heavy atom. The number of carboxylic acid groups (broad SMARTS) is 1. The van der Waals surface area contributed by atoms with E-state index < -0.39 is 6.09 Å². The molecule has 1 aliphatic heterocycles. The number of nitrogens with two attached hydrogens (primary N) is 1. The third kappa shape index (κ3) is 2.76. The first-order valence-electron chi connectivity index (χ1n) is 6.77. The lowest BCUT2D eigenvalue weighted by Crippen LogP contribution is -2.43. The molecule has 1 saturated carbocycles. The number of nitrogens with zero attached hydrogens (tertiary/aromatic N) is 1. The van der Waals surface area contributed by atoms with Gasteiger partial charge >= 0.3 is 6.09 Å². The summed E-state index contributed by atoms with van der Waals surface area (Å²) >= 11 is 0. The molecule has 0 aromatic rings. The second kappa shape index (κ2) is 5.42. The molecule has 0 aromatic heterocycles. The number of hydrogen-bond acceptors (Lipinski definition) is 4. The van der Waals surface area contributed by atoms with E-state index in [1.807, 2.05) is 13.8 Å². The van der Waals surface area contributed by atoms with E-state index >= 15 is 0 Å². The van der Waals surface area contributed by atoms with Crippen LogP contribution >= 0.6 is 0 Å². The van der Waals surface area contributed by atoms with Crippen LogP contribution in [0.25, 0.3) is 0 Å². The molecule has 18 heavy (non-hydrogen) atoms. The van der Waals surface area contributed by atoms with E-state index in [2.05, 4.69) is 10.9 Å². The topological polar surface area (TPSA) is 90.6 Å². The number of carbonyl (C=O) groups is 1. The maximum atomic E-state index is 11.3. The van der Waals surface area contributed by atoms with Crippen LogP contribution in [-0.4, -0.2) is 40.4 Å². The van der Waals surface area contributed by atoms with E-state index in [1.165, 1.54) is 0 Å². The van der Waals surface area contributed by atoms with Crippen molar-refractivity contribution < 1.29 is 9.90 Å². The predicted molar refractivity (Wildman–Crippen MR) is 68.8 cm³/mol. The number of amides is 1. The number of nitrogens with one attached hydrogen (secondary N) is 2. The van der Waals surface area contributed by atoms with Gasteiger partial charge in [-0.15, -0.1) is 0 Å². The smallest absolute Gasteiger partial charge is 0.407 e. The van der Waals surface area contributed by atoms with E-state index in [0.717, 1.165) is 25.7 Å². The van der Waals surface area contributed by atoms with Gasteiger partial charge < -0.3 is 15.7 Å². The molecule has 4 atom stereocenters. The SMILES string of the molecule is CC(C)N(C(=O)O)[C@H]1CC[C@@H]([C@@H]2CC(N)NN2)C1. The third-order valence-electron chi connectivity index (χ3n) is 4.15. The summed E-state index contributed by atoms with van der Waals surface area (Å²) in [7, 11) is 0. The highest BCUT2D eigenvalue weighted by Gasteiger charge is 2.38. The van der Waals surface area contributed by atoms with Crippen LogP contribution in [0, 0.1) is 5.92 Å². The van der Waals surface area contributed by atoms with E-state index in [1.54, 1.807) is 4.90 Å². The Bertz CT molecular complexity index is 310. The van der Waals surface area contributed by atoms with Crippen LogP contribution in [0.3, 0.4) is 0 Å². The predicted octanol–water partition coefficient (Wildman–Crippen LogP) is 0.695. The van der Waals surface area contributed by atoms with Gasteiger partial charge in [-0.3, -0.25) is 5.43 Å². The van der Waals surface area contributed by atoms with Gasteiger partial charge in [0, 0.05) is 18.1 Å². The lowest BCUT2D eigenvalue weighted by atomic mass is 9.96. The monoisotopic (exact) mass is 256 g/mol. The van der Waals surface area contributed by atoms with Crippen molar-refractivity contribution in [1.29, 1.82) is 0 Å². The lowest BCUT2D eigenvalue weighted by molar-refractivity contribution is 0.106. The van der Waals surface area contributed by atoms with E-state index in [-0.39, 0.29) is 18.2 Å². The molecule has 0 bridgehead atoms. The fraction of sp³-hybridized carbons (Fsp3) is 0.917. The summed E-state index contributed by atoms with van der Waals surface area (Å²) in [4.78, 5) is 12.9. The zero-order valence-electron chi connectivity index (χ0n) is 11.1. The molecule has 1 saturated heterocycles. The first-order chi connectivity index (χ1) is 8.49. The average molecular weight is 256 g/mol.